The van der Waals surface area contributed by atoms with E-state index in [2.05, 4.69) is 0 Å². The molecule has 0 aliphatic rings. The van der Waals surface area contributed by atoms with Crippen LogP contribution in [0.15, 0.2) is 24.3 Å². The lowest BCUT2D eigenvalue weighted by molar-refractivity contribution is -0.146. The average Bonchev–Trinajstić information content (AvgIpc) is 2.28. The van der Waals surface area contributed by atoms with Gasteiger partial charge in [0.15, 0.2) is 6.61 Å². The van der Waals surface area contributed by atoms with Crippen LogP contribution in [-0.4, -0.2) is 44.7 Å². The summed E-state index contributed by atoms with van der Waals surface area (Å²) in [6, 6.07) is 6.81. The van der Waals surface area contributed by atoms with E-state index in [1.165, 1.54) is 0 Å². The lowest BCUT2D eigenvalue weighted by atomic mass is 10.3. The van der Waals surface area contributed by atoms with Crippen molar-refractivity contribution in [2.24, 2.45) is 0 Å². The first-order chi connectivity index (χ1) is 8.08. The summed E-state index contributed by atoms with van der Waals surface area (Å²) < 4.78 is 10.2. The predicted molar refractivity (Wildman–Crippen MR) is 81.0 cm³/mol. The zero-order valence-electron chi connectivity index (χ0n) is 10.8. The highest BCUT2D eigenvalue weighted by molar-refractivity contribution is 6.30. The molecule has 0 N–H and O–H groups in total. The standard InChI is InChI=1S/C12H16ClNO3.2ClH/c1-14(2)7-8-16-12(15)9-17-11-5-3-10(13)4-6-11;;/h3-6H,7-9H2,1-2H3;2*1H. The monoisotopic (exact) mass is 329 g/mol. The summed E-state index contributed by atoms with van der Waals surface area (Å²) >= 11 is 5.72. The van der Waals surface area contributed by atoms with Crippen molar-refractivity contribution in [2.75, 3.05) is 33.9 Å². The van der Waals surface area contributed by atoms with Crippen LogP contribution in [0.2, 0.25) is 5.02 Å². The molecule has 1 aromatic carbocycles. The van der Waals surface area contributed by atoms with E-state index in [-0.39, 0.29) is 37.4 Å². The van der Waals surface area contributed by atoms with Crippen molar-refractivity contribution in [3.63, 3.8) is 0 Å². The van der Waals surface area contributed by atoms with Crippen LogP contribution in [0.1, 0.15) is 0 Å². The fourth-order valence-electron chi connectivity index (χ4n) is 1.06. The lowest BCUT2D eigenvalue weighted by Crippen LogP contribution is -2.22. The SMILES string of the molecule is CN(C)CCOC(=O)COc1ccc(Cl)cc1.Cl.Cl. The highest BCUT2D eigenvalue weighted by Crippen LogP contribution is 2.15. The molecule has 0 spiro atoms. The molecule has 0 amide bonds. The van der Waals surface area contributed by atoms with Gasteiger partial charge in [0.05, 0.1) is 0 Å². The number of ether oxygens (including phenoxy) is 2. The first-order valence-corrected chi connectivity index (χ1v) is 5.64. The molecule has 0 bridgehead atoms. The lowest BCUT2D eigenvalue weighted by Gasteiger charge is -2.10. The van der Waals surface area contributed by atoms with Gasteiger partial charge in [0.1, 0.15) is 12.4 Å². The van der Waals surface area contributed by atoms with Crippen LogP contribution in [0.5, 0.6) is 5.75 Å². The molecule has 0 saturated carbocycles. The molecule has 0 aromatic heterocycles. The van der Waals surface area contributed by atoms with Crippen molar-refractivity contribution < 1.29 is 14.3 Å². The molecule has 0 unspecified atom stereocenters. The van der Waals surface area contributed by atoms with Crippen molar-refractivity contribution in [3.8, 4) is 5.75 Å². The van der Waals surface area contributed by atoms with Crippen molar-refractivity contribution >= 4 is 42.4 Å². The molecule has 1 aromatic rings. The number of rotatable bonds is 6. The molecule has 19 heavy (non-hydrogen) atoms. The Labute approximate surface area is 130 Å². The Hall–Kier alpha value is -0.680. The van der Waals surface area contributed by atoms with Gasteiger partial charge in [0, 0.05) is 11.6 Å². The fraction of sp³-hybridized carbons (Fsp3) is 0.417. The third-order valence-electron chi connectivity index (χ3n) is 1.97. The van der Waals surface area contributed by atoms with Crippen molar-refractivity contribution in [3.05, 3.63) is 29.3 Å². The average molecular weight is 331 g/mol. The molecule has 110 valence electrons. The summed E-state index contributed by atoms with van der Waals surface area (Å²) in [6.07, 6.45) is 0. The molecular weight excluding hydrogens is 312 g/mol. The highest BCUT2D eigenvalue weighted by Gasteiger charge is 2.04. The van der Waals surface area contributed by atoms with Gasteiger partial charge in [-0.05, 0) is 38.4 Å². The van der Waals surface area contributed by atoms with E-state index < -0.39 is 0 Å². The molecule has 0 aliphatic carbocycles. The minimum atomic E-state index is -0.373. The number of carbonyl (C=O) groups is 1. The zero-order valence-corrected chi connectivity index (χ0v) is 13.2. The van der Waals surface area contributed by atoms with E-state index in [1.807, 2.05) is 19.0 Å². The van der Waals surface area contributed by atoms with Gasteiger partial charge in [0.2, 0.25) is 0 Å². The number of benzene rings is 1. The first kappa shape index (κ1) is 20.6. The summed E-state index contributed by atoms with van der Waals surface area (Å²) in [5, 5.41) is 0.630. The van der Waals surface area contributed by atoms with Gasteiger partial charge in [-0.15, -0.1) is 24.8 Å². The Morgan fingerprint density at radius 3 is 2.32 bits per heavy atom. The van der Waals surface area contributed by atoms with Crippen molar-refractivity contribution in [1.29, 1.82) is 0 Å². The van der Waals surface area contributed by atoms with Crippen LogP contribution in [0.25, 0.3) is 0 Å². The molecule has 7 heteroatoms. The van der Waals surface area contributed by atoms with E-state index in [9.17, 15) is 4.79 Å². The van der Waals surface area contributed by atoms with Gasteiger partial charge in [-0.3, -0.25) is 0 Å². The van der Waals surface area contributed by atoms with Crippen LogP contribution in [0, 0.1) is 0 Å². The topological polar surface area (TPSA) is 38.8 Å². The second-order valence-corrected chi connectivity index (χ2v) is 4.20. The number of hydrogen-bond donors (Lipinski definition) is 0. The number of esters is 1. The predicted octanol–water partition coefficient (Wildman–Crippen LogP) is 2.67. The first-order valence-electron chi connectivity index (χ1n) is 5.26. The van der Waals surface area contributed by atoms with Gasteiger partial charge >= 0.3 is 5.97 Å². The second-order valence-electron chi connectivity index (χ2n) is 3.77. The van der Waals surface area contributed by atoms with Crippen LogP contribution < -0.4 is 4.74 Å². The van der Waals surface area contributed by atoms with E-state index in [0.717, 1.165) is 0 Å². The molecule has 0 radical (unpaired) electrons. The number of carbonyl (C=O) groups excluding carboxylic acids is 1. The molecular formula is C12H18Cl3NO3. The van der Waals surface area contributed by atoms with Crippen molar-refractivity contribution in [1.82, 2.24) is 4.90 Å². The van der Waals surface area contributed by atoms with Crippen LogP contribution in [0.4, 0.5) is 0 Å². The van der Waals surface area contributed by atoms with Crippen LogP contribution in [0.3, 0.4) is 0 Å². The van der Waals surface area contributed by atoms with E-state index in [4.69, 9.17) is 21.1 Å². The summed E-state index contributed by atoms with van der Waals surface area (Å²) in [5.74, 6) is 0.223. The second kappa shape index (κ2) is 11.2. The number of hydrogen-bond acceptors (Lipinski definition) is 4. The number of likely N-dealkylation sites (N-methyl/N-ethyl adjacent to an activating group) is 1. The van der Waals surface area contributed by atoms with Gasteiger partial charge in [-0.2, -0.15) is 0 Å². The van der Waals surface area contributed by atoms with E-state index in [0.29, 0.717) is 23.9 Å². The zero-order chi connectivity index (χ0) is 12.7. The van der Waals surface area contributed by atoms with Gasteiger partial charge < -0.3 is 14.4 Å². The van der Waals surface area contributed by atoms with Crippen LogP contribution in [-0.2, 0) is 9.53 Å². The molecule has 0 heterocycles. The van der Waals surface area contributed by atoms with E-state index >= 15 is 0 Å². The molecule has 0 saturated heterocycles. The Balaban J connectivity index is 0. The maximum Gasteiger partial charge on any atom is 0.344 e. The molecule has 0 atom stereocenters. The van der Waals surface area contributed by atoms with Gasteiger partial charge in [-0.1, -0.05) is 11.6 Å². The Kier molecular flexibility index (Phi) is 12.1. The molecule has 0 fully saturated rings. The molecule has 0 aliphatic heterocycles. The normalized spacial score (nSPS) is 9.26. The van der Waals surface area contributed by atoms with Gasteiger partial charge in [0.25, 0.3) is 0 Å². The minimum Gasteiger partial charge on any atom is -0.482 e. The highest BCUT2D eigenvalue weighted by atomic mass is 35.5. The Morgan fingerprint density at radius 2 is 1.79 bits per heavy atom. The largest absolute Gasteiger partial charge is 0.482 e. The molecule has 4 nitrogen and oxygen atoms in total. The number of halogens is 3. The summed E-state index contributed by atoms with van der Waals surface area (Å²) in [6.45, 7) is 0.984. The Morgan fingerprint density at radius 1 is 1.21 bits per heavy atom. The summed E-state index contributed by atoms with van der Waals surface area (Å²) in [5.41, 5.74) is 0. The van der Waals surface area contributed by atoms with Crippen LogP contribution >= 0.6 is 36.4 Å². The molecule has 1 rings (SSSR count). The van der Waals surface area contributed by atoms with E-state index in [1.54, 1.807) is 24.3 Å². The minimum absolute atomic E-state index is 0. The van der Waals surface area contributed by atoms with Crippen molar-refractivity contribution in [2.45, 2.75) is 0 Å². The summed E-state index contributed by atoms with van der Waals surface area (Å²) in [4.78, 5) is 13.2. The number of nitrogens with zero attached hydrogens (tertiary/aromatic N) is 1. The van der Waals surface area contributed by atoms with Gasteiger partial charge in [-0.25, -0.2) is 4.79 Å². The Bertz CT molecular complexity index is 358. The maximum absolute atomic E-state index is 11.3. The maximum atomic E-state index is 11.3. The fourth-order valence-corrected chi connectivity index (χ4v) is 1.18. The third-order valence-corrected chi connectivity index (χ3v) is 2.22. The summed E-state index contributed by atoms with van der Waals surface area (Å²) in [7, 11) is 3.83. The smallest absolute Gasteiger partial charge is 0.344 e. The quantitative estimate of drug-likeness (QED) is 0.752. The third kappa shape index (κ3) is 9.85.